The lowest BCUT2D eigenvalue weighted by Crippen LogP contribution is -2.09. The van der Waals surface area contributed by atoms with Crippen LogP contribution < -0.4 is 0 Å². The van der Waals surface area contributed by atoms with Crippen LogP contribution in [0.1, 0.15) is 91.9 Å². The first kappa shape index (κ1) is 37.8. The summed E-state index contributed by atoms with van der Waals surface area (Å²) >= 11 is 0. The van der Waals surface area contributed by atoms with Gasteiger partial charge in [-0.2, -0.15) is 0 Å². The van der Waals surface area contributed by atoms with E-state index in [0.717, 1.165) is 55.8 Å². The molecular formula is C51H46N4O4. The number of fused-ring (bicyclic) bond motifs is 2. The monoisotopic (exact) mass is 778 g/mol. The van der Waals surface area contributed by atoms with E-state index in [4.69, 9.17) is 9.47 Å². The second-order valence-electron chi connectivity index (χ2n) is 15.7. The second-order valence-corrected chi connectivity index (χ2v) is 15.7. The molecule has 0 aliphatic heterocycles. The van der Waals surface area contributed by atoms with Crippen LogP contribution in [-0.2, 0) is 29.4 Å². The van der Waals surface area contributed by atoms with Gasteiger partial charge < -0.3 is 19.0 Å². The molecule has 0 unspecified atom stereocenters. The molecule has 0 spiro atoms. The van der Waals surface area contributed by atoms with Crippen molar-refractivity contribution in [3.63, 3.8) is 0 Å². The van der Waals surface area contributed by atoms with E-state index in [1.807, 2.05) is 48.8 Å². The SMILES string of the molecule is COC(=O)c1cc(C2CC2)cnc1Cc1ccc2[nH]c(-c3ccccc3)cc2c1.COC(=O)c1cc(C2CC2)cnc1Cc1ccc2c(c1)cc(-c1ccccc1)n2C. The number of rotatable bonds is 10. The van der Waals surface area contributed by atoms with Crippen LogP contribution in [0.15, 0.2) is 134 Å². The van der Waals surface area contributed by atoms with Crippen LogP contribution in [0.2, 0.25) is 0 Å². The van der Waals surface area contributed by atoms with Gasteiger partial charge in [0.1, 0.15) is 0 Å². The van der Waals surface area contributed by atoms with Gasteiger partial charge in [0.25, 0.3) is 0 Å². The fourth-order valence-electron chi connectivity index (χ4n) is 8.00. The van der Waals surface area contributed by atoms with Gasteiger partial charge >= 0.3 is 11.9 Å². The molecule has 8 nitrogen and oxygen atoms in total. The number of methoxy groups -OCH3 is 2. The number of nitrogens with one attached hydrogen (secondary N) is 1. The molecule has 294 valence electrons. The number of aryl methyl sites for hydroxylation is 1. The van der Waals surface area contributed by atoms with Crippen molar-refractivity contribution in [1.82, 2.24) is 19.5 Å². The summed E-state index contributed by atoms with van der Waals surface area (Å²) in [5.41, 5.74) is 14.1. The Morgan fingerprint density at radius 3 is 1.69 bits per heavy atom. The Hall–Kier alpha value is -6.80. The molecule has 8 aromatic rings. The Bertz CT molecular complexity index is 2810. The van der Waals surface area contributed by atoms with Gasteiger partial charge in [0.15, 0.2) is 0 Å². The predicted octanol–water partition coefficient (Wildman–Crippen LogP) is 11.0. The molecule has 4 heterocycles. The van der Waals surface area contributed by atoms with Crippen LogP contribution in [0, 0.1) is 0 Å². The van der Waals surface area contributed by atoms with E-state index in [1.165, 1.54) is 62.1 Å². The van der Waals surface area contributed by atoms with Crippen molar-refractivity contribution in [3.8, 4) is 22.5 Å². The Morgan fingerprint density at radius 1 is 0.627 bits per heavy atom. The lowest BCUT2D eigenvalue weighted by molar-refractivity contribution is 0.0590. The zero-order chi connectivity index (χ0) is 40.5. The molecule has 0 saturated heterocycles. The molecule has 2 saturated carbocycles. The lowest BCUT2D eigenvalue weighted by Gasteiger charge is -2.10. The highest BCUT2D eigenvalue weighted by molar-refractivity contribution is 5.92. The number of aromatic amines is 1. The van der Waals surface area contributed by atoms with Gasteiger partial charge in [-0.05, 0) is 119 Å². The largest absolute Gasteiger partial charge is 0.465 e. The van der Waals surface area contributed by atoms with Crippen LogP contribution in [0.3, 0.4) is 0 Å². The summed E-state index contributed by atoms with van der Waals surface area (Å²) in [7, 11) is 4.95. The zero-order valence-electron chi connectivity index (χ0n) is 33.6. The number of esters is 2. The normalized spacial score (nSPS) is 13.5. The third kappa shape index (κ3) is 8.17. The maximum absolute atomic E-state index is 12.4. The average Bonchev–Trinajstić information content (AvgIpc) is 4.23. The lowest BCUT2D eigenvalue weighted by atomic mass is 10.0. The Labute approximate surface area is 343 Å². The second kappa shape index (κ2) is 16.2. The van der Waals surface area contributed by atoms with Crippen LogP contribution in [0.25, 0.3) is 44.3 Å². The molecule has 4 aromatic heterocycles. The predicted molar refractivity (Wildman–Crippen MR) is 233 cm³/mol. The number of benzene rings is 4. The molecule has 0 amide bonds. The summed E-state index contributed by atoms with van der Waals surface area (Å²) < 4.78 is 12.3. The van der Waals surface area contributed by atoms with Crippen LogP contribution in [0.5, 0.6) is 0 Å². The Balaban J connectivity index is 0.000000152. The van der Waals surface area contributed by atoms with Crippen molar-refractivity contribution in [2.45, 2.75) is 50.4 Å². The molecule has 2 fully saturated rings. The van der Waals surface area contributed by atoms with Crippen molar-refractivity contribution < 1.29 is 19.1 Å². The molecule has 2 aliphatic carbocycles. The van der Waals surface area contributed by atoms with E-state index < -0.39 is 0 Å². The van der Waals surface area contributed by atoms with E-state index in [1.54, 1.807) is 0 Å². The number of ether oxygens (including phenoxy) is 2. The molecule has 0 atom stereocenters. The summed E-state index contributed by atoms with van der Waals surface area (Å²) in [6.45, 7) is 0. The zero-order valence-corrected chi connectivity index (χ0v) is 33.6. The highest BCUT2D eigenvalue weighted by atomic mass is 16.5. The first-order valence-electron chi connectivity index (χ1n) is 20.3. The van der Waals surface area contributed by atoms with Crippen molar-refractivity contribution in [2.75, 3.05) is 14.2 Å². The third-order valence-corrected chi connectivity index (χ3v) is 11.6. The van der Waals surface area contributed by atoms with Gasteiger partial charge in [-0.15, -0.1) is 0 Å². The van der Waals surface area contributed by atoms with E-state index in [2.05, 4.69) is 111 Å². The fourth-order valence-corrected chi connectivity index (χ4v) is 8.00. The van der Waals surface area contributed by atoms with Crippen LogP contribution >= 0.6 is 0 Å². The summed E-state index contributed by atoms with van der Waals surface area (Å²) in [6, 6.07) is 41.8. The summed E-state index contributed by atoms with van der Waals surface area (Å²) in [5.74, 6) is 0.468. The number of nitrogens with zero attached hydrogens (tertiary/aromatic N) is 3. The first-order chi connectivity index (χ1) is 28.8. The van der Waals surface area contributed by atoms with Crippen LogP contribution in [0.4, 0.5) is 0 Å². The van der Waals surface area contributed by atoms with Gasteiger partial charge in [0, 0.05) is 65.5 Å². The Morgan fingerprint density at radius 2 is 1.15 bits per heavy atom. The number of hydrogen-bond donors (Lipinski definition) is 1. The maximum atomic E-state index is 12.4. The quantitative estimate of drug-likeness (QED) is 0.139. The van der Waals surface area contributed by atoms with Crippen molar-refractivity contribution >= 4 is 33.7 Å². The van der Waals surface area contributed by atoms with E-state index >= 15 is 0 Å². The highest BCUT2D eigenvalue weighted by Gasteiger charge is 2.27. The number of carbonyl (C=O) groups excluding carboxylic acids is 2. The third-order valence-electron chi connectivity index (χ3n) is 11.6. The van der Waals surface area contributed by atoms with E-state index in [-0.39, 0.29) is 11.9 Å². The van der Waals surface area contributed by atoms with Gasteiger partial charge in [0.2, 0.25) is 0 Å². The van der Waals surface area contributed by atoms with Crippen molar-refractivity contribution in [2.24, 2.45) is 7.05 Å². The number of H-pyrrole nitrogens is 1. The molecule has 0 bridgehead atoms. The first-order valence-corrected chi connectivity index (χ1v) is 20.3. The molecule has 1 N–H and O–H groups in total. The van der Waals surface area contributed by atoms with Gasteiger partial charge in [-0.3, -0.25) is 9.97 Å². The molecule has 10 rings (SSSR count). The number of pyridine rings is 2. The topological polar surface area (TPSA) is 99.1 Å². The minimum Gasteiger partial charge on any atom is -0.465 e. The molecule has 8 heteroatoms. The van der Waals surface area contributed by atoms with Gasteiger partial charge in [0.05, 0.1) is 36.7 Å². The molecule has 2 aliphatic rings. The molecule has 59 heavy (non-hydrogen) atoms. The summed E-state index contributed by atoms with van der Waals surface area (Å²) in [6.07, 6.45) is 9.74. The summed E-state index contributed by atoms with van der Waals surface area (Å²) in [4.78, 5) is 37.5. The molecule has 0 radical (unpaired) electrons. The van der Waals surface area contributed by atoms with Crippen molar-refractivity contribution in [3.05, 3.63) is 178 Å². The van der Waals surface area contributed by atoms with Gasteiger partial charge in [-0.1, -0.05) is 72.8 Å². The van der Waals surface area contributed by atoms with E-state index in [9.17, 15) is 9.59 Å². The smallest absolute Gasteiger partial charge is 0.339 e. The van der Waals surface area contributed by atoms with E-state index in [0.29, 0.717) is 35.8 Å². The Kier molecular flexibility index (Phi) is 10.4. The van der Waals surface area contributed by atoms with Gasteiger partial charge in [-0.25, -0.2) is 9.59 Å². The highest BCUT2D eigenvalue weighted by Crippen LogP contribution is 2.41. The number of aromatic nitrogens is 4. The average molecular weight is 779 g/mol. The standard InChI is InChI=1S/C26H24N2O2.C25H22N2O2/c1-28-24-11-8-17(12-20(24)15-25(28)19-6-4-3-5-7-19)13-23-22(26(29)30-2)14-21(16-27-23)18-9-10-18;1-29-25(28)21-13-20(17-8-9-17)15-26-24(21)12-16-7-10-22-19(11-16)14-23(27-22)18-5-3-2-4-6-18/h3-8,11-12,14-16,18H,9-10,13H2,1-2H3;2-7,10-11,13-15,17,27H,8-9,12H2,1H3. The number of hydrogen-bond acceptors (Lipinski definition) is 6. The fraction of sp³-hybridized carbons (Fsp3) is 0.216. The number of carbonyl (C=O) groups is 2. The van der Waals surface area contributed by atoms with Crippen molar-refractivity contribution in [1.29, 1.82) is 0 Å². The molecular weight excluding hydrogens is 733 g/mol. The minimum absolute atomic E-state index is 0.313. The maximum Gasteiger partial charge on any atom is 0.339 e. The minimum atomic E-state index is -0.316. The molecule has 4 aromatic carbocycles. The van der Waals surface area contributed by atoms with Crippen LogP contribution in [-0.4, -0.2) is 45.7 Å². The summed E-state index contributed by atoms with van der Waals surface area (Å²) in [5, 5.41) is 2.33.